The zero-order chi connectivity index (χ0) is 14.8. The van der Waals surface area contributed by atoms with Crippen molar-refractivity contribution >= 4 is 17.0 Å². The Morgan fingerprint density at radius 2 is 2.05 bits per heavy atom. The van der Waals surface area contributed by atoms with Crippen LogP contribution in [0.25, 0.3) is 11.0 Å². The molecule has 20 heavy (non-hydrogen) atoms. The minimum Gasteiger partial charge on any atom is -0.369 e. The number of nitriles is 1. The summed E-state index contributed by atoms with van der Waals surface area (Å²) in [4.78, 5) is 4.13. The molecule has 0 aliphatic heterocycles. The first-order valence-corrected chi connectivity index (χ1v) is 6.13. The van der Waals surface area contributed by atoms with Gasteiger partial charge in [0.05, 0.1) is 22.7 Å². The maximum atomic E-state index is 12.1. The number of hydrogen-bond donors (Lipinski definition) is 1. The molecule has 0 atom stereocenters. The molecule has 0 aliphatic rings. The third-order valence-corrected chi connectivity index (χ3v) is 3.00. The van der Waals surface area contributed by atoms with Crippen LogP contribution in [-0.2, 0) is 6.54 Å². The minimum absolute atomic E-state index is 0.0422. The van der Waals surface area contributed by atoms with E-state index < -0.39 is 12.6 Å². The van der Waals surface area contributed by atoms with E-state index in [1.54, 1.807) is 22.8 Å². The number of unbranched alkanes of at least 4 members (excludes halogenated alkanes) is 1. The summed E-state index contributed by atoms with van der Waals surface area (Å²) in [5, 5.41) is 8.86. The fraction of sp³-hybridized carbons (Fsp3) is 0.385. The fourth-order valence-corrected chi connectivity index (χ4v) is 2.04. The van der Waals surface area contributed by atoms with Crippen molar-refractivity contribution in [3.8, 4) is 6.07 Å². The van der Waals surface area contributed by atoms with Crippen LogP contribution in [0.3, 0.4) is 0 Å². The summed E-state index contributed by atoms with van der Waals surface area (Å²) >= 11 is 0. The van der Waals surface area contributed by atoms with Gasteiger partial charge in [-0.2, -0.15) is 18.4 Å². The lowest BCUT2D eigenvalue weighted by atomic mass is 10.2. The van der Waals surface area contributed by atoms with Crippen molar-refractivity contribution in [3.63, 3.8) is 0 Å². The Labute approximate surface area is 113 Å². The maximum Gasteiger partial charge on any atom is 0.389 e. The van der Waals surface area contributed by atoms with E-state index in [-0.39, 0.29) is 12.4 Å². The van der Waals surface area contributed by atoms with Crippen LogP contribution in [0.5, 0.6) is 0 Å². The second-order valence-electron chi connectivity index (χ2n) is 4.51. The Bertz CT molecular complexity index is 652. The molecule has 1 aromatic heterocycles. The van der Waals surface area contributed by atoms with E-state index in [1.165, 1.54) is 0 Å². The summed E-state index contributed by atoms with van der Waals surface area (Å²) in [7, 11) is 0. The van der Waals surface area contributed by atoms with Gasteiger partial charge in [-0.3, -0.25) is 0 Å². The third kappa shape index (κ3) is 3.20. The van der Waals surface area contributed by atoms with Crippen LogP contribution in [0.1, 0.15) is 24.8 Å². The van der Waals surface area contributed by atoms with Gasteiger partial charge in [0.25, 0.3) is 0 Å². The highest BCUT2D eigenvalue weighted by Crippen LogP contribution is 2.24. The standard InChI is InChI=1S/C13H13F3N4/c14-13(15,16)5-1-2-6-20-11-7-9(8-17)3-4-10(11)19-12(20)18/h3-4,7H,1-2,5-6H2,(H2,18,19). The molecule has 2 N–H and O–H groups in total. The average Bonchev–Trinajstić information content (AvgIpc) is 2.68. The largest absolute Gasteiger partial charge is 0.389 e. The Morgan fingerprint density at radius 3 is 2.70 bits per heavy atom. The molecule has 2 aromatic rings. The average molecular weight is 282 g/mol. The van der Waals surface area contributed by atoms with Crippen LogP contribution < -0.4 is 5.73 Å². The Balaban J connectivity index is 2.13. The number of aromatic nitrogens is 2. The Hall–Kier alpha value is -2.23. The van der Waals surface area contributed by atoms with Gasteiger partial charge in [0, 0.05) is 13.0 Å². The monoisotopic (exact) mass is 282 g/mol. The summed E-state index contributed by atoms with van der Waals surface area (Å²) in [6.07, 6.45) is -4.54. The van der Waals surface area contributed by atoms with Crippen LogP contribution in [-0.4, -0.2) is 15.7 Å². The van der Waals surface area contributed by atoms with Crippen LogP contribution in [0, 0.1) is 11.3 Å². The molecule has 0 unspecified atom stereocenters. The van der Waals surface area contributed by atoms with E-state index in [1.807, 2.05) is 6.07 Å². The quantitative estimate of drug-likeness (QED) is 0.875. The predicted molar refractivity (Wildman–Crippen MR) is 68.8 cm³/mol. The third-order valence-electron chi connectivity index (χ3n) is 3.00. The molecule has 106 valence electrons. The lowest BCUT2D eigenvalue weighted by molar-refractivity contribution is -0.135. The van der Waals surface area contributed by atoms with Crippen molar-refractivity contribution in [2.24, 2.45) is 0 Å². The molecule has 0 spiro atoms. The van der Waals surface area contributed by atoms with Gasteiger partial charge < -0.3 is 10.3 Å². The van der Waals surface area contributed by atoms with E-state index in [9.17, 15) is 13.2 Å². The number of alkyl halides is 3. The van der Waals surface area contributed by atoms with E-state index in [0.717, 1.165) is 0 Å². The van der Waals surface area contributed by atoms with Crippen LogP contribution >= 0.6 is 0 Å². The lowest BCUT2D eigenvalue weighted by Gasteiger charge is -2.08. The first kappa shape index (κ1) is 14.2. The summed E-state index contributed by atoms with van der Waals surface area (Å²) < 4.78 is 37.9. The topological polar surface area (TPSA) is 67.6 Å². The fourth-order valence-electron chi connectivity index (χ4n) is 2.04. The van der Waals surface area contributed by atoms with Gasteiger partial charge in [0.15, 0.2) is 0 Å². The molecule has 2 rings (SSSR count). The summed E-state index contributed by atoms with van der Waals surface area (Å²) in [6.45, 7) is 0.354. The van der Waals surface area contributed by atoms with Crippen molar-refractivity contribution in [2.45, 2.75) is 32.0 Å². The van der Waals surface area contributed by atoms with Crippen molar-refractivity contribution in [1.82, 2.24) is 9.55 Å². The normalized spacial score (nSPS) is 11.7. The molecular formula is C13H13F3N4. The second-order valence-corrected chi connectivity index (χ2v) is 4.51. The van der Waals surface area contributed by atoms with E-state index >= 15 is 0 Å². The number of aryl methyl sites for hydroxylation is 1. The molecule has 0 fully saturated rings. The number of hydrogen-bond acceptors (Lipinski definition) is 3. The number of rotatable bonds is 4. The number of halogens is 3. The highest BCUT2D eigenvalue weighted by molar-refractivity contribution is 5.79. The molecule has 1 aromatic carbocycles. The SMILES string of the molecule is N#Cc1ccc2nc(N)n(CCCCC(F)(F)F)c2c1. The van der Waals surface area contributed by atoms with E-state index in [0.29, 0.717) is 29.6 Å². The van der Waals surface area contributed by atoms with Gasteiger partial charge in [-0.25, -0.2) is 4.98 Å². The van der Waals surface area contributed by atoms with Gasteiger partial charge in [0.2, 0.25) is 5.95 Å². The summed E-state index contributed by atoms with van der Waals surface area (Å²) in [6, 6.07) is 6.96. The molecule has 0 saturated heterocycles. The molecule has 7 heteroatoms. The van der Waals surface area contributed by atoms with E-state index in [4.69, 9.17) is 11.0 Å². The lowest BCUT2D eigenvalue weighted by Crippen LogP contribution is -2.08. The first-order chi connectivity index (χ1) is 9.40. The number of nitrogen functional groups attached to an aromatic ring is 1. The number of anilines is 1. The number of imidazole rings is 1. The van der Waals surface area contributed by atoms with Crippen molar-refractivity contribution in [3.05, 3.63) is 23.8 Å². The second kappa shape index (κ2) is 5.41. The molecule has 0 radical (unpaired) electrons. The predicted octanol–water partition coefficient (Wildman–Crippen LogP) is 3.22. The number of fused-ring (bicyclic) bond motifs is 1. The molecular weight excluding hydrogens is 269 g/mol. The zero-order valence-electron chi connectivity index (χ0n) is 10.6. The van der Waals surface area contributed by atoms with E-state index in [2.05, 4.69) is 4.98 Å². The molecule has 0 saturated carbocycles. The molecule has 0 bridgehead atoms. The van der Waals surface area contributed by atoms with Crippen LogP contribution in [0.4, 0.5) is 19.1 Å². The van der Waals surface area contributed by atoms with Gasteiger partial charge in [-0.1, -0.05) is 0 Å². The molecule has 0 amide bonds. The highest BCUT2D eigenvalue weighted by atomic mass is 19.4. The van der Waals surface area contributed by atoms with Gasteiger partial charge in [-0.05, 0) is 31.0 Å². The molecule has 0 aliphatic carbocycles. The summed E-state index contributed by atoms with van der Waals surface area (Å²) in [5.74, 6) is 0.252. The van der Waals surface area contributed by atoms with Crippen LogP contribution in [0.2, 0.25) is 0 Å². The smallest absolute Gasteiger partial charge is 0.369 e. The van der Waals surface area contributed by atoms with Gasteiger partial charge in [-0.15, -0.1) is 0 Å². The molecule has 1 heterocycles. The Kier molecular flexibility index (Phi) is 3.84. The molecule has 4 nitrogen and oxygen atoms in total. The first-order valence-electron chi connectivity index (χ1n) is 6.13. The maximum absolute atomic E-state index is 12.1. The highest BCUT2D eigenvalue weighted by Gasteiger charge is 2.25. The van der Waals surface area contributed by atoms with Gasteiger partial charge in [0.1, 0.15) is 0 Å². The van der Waals surface area contributed by atoms with Crippen LogP contribution in [0.15, 0.2) is 18.2 Å². The number of nitrogens with two attached hydrogens (primary N) is 1. The van der Waals surface area contributed by atoms with Crippen molar-refractivity contribution in [1.29, 1.82) is 5.26 Å². The van der Waals surface area contributed by atoms with Gasteiger partial charge >= 0.3 is 6.18 Å². The zero-order valence-corrected chi connectivity index (χ0v) is 10.6. The Morgan fingerprint density at radius 1 is 1.30 bits per heavy atom. The summed E-state index contributed by atoms with van der Waals surface area (Å²) in [5.41, 5.74) is 7.54. The van der Waals surface area contributed by atoms with Crippen molar-refractivity contribution in [2.75, 3.05) is 5.73 Å². The van der Waals surface area contributed by atoms with Crippen molar-refractivity contribution < 1.29 is 13.2 Å². The number of benzene rings is 1. The minimum atomic E-state index is -4.13. The number of nitrogens with zero attached hydrogens (tertiary/aromatic N) is 3.